The molecule has 0 aromatic heterocycles. The molecule has 0 saturated carbocycles. The third-order valence-electron chi connectivity index (χ3n) is 1.97. The summed E-state index contributed by atoms with van der Waals surface area (Å²) in [6, 6.07) is 0. The summed E-state index contributed by atoms with van der Waals surface area (Å²) in [5.41, 5.74) is 5.36. The molecular weight excluding hydrogens is 142 g/mol. The molecule has 2 N–H and O–H groups in total. The van der Waals surface area contributed by atoms with Gasteiger partial charge in [-0.1, -0.05) is 6.92 Å². The average Bonchev–Trinajstić information content (AvgIpc) is 1.85. The standard InChI is InChI=1S/C8H15NO2/c1-6-4-7(2-3-9)11-8(10)5-6/h6-7H,2-5,9H2,1H3. The zero-order chi connectivity index (χ0) is 8.27. The monoisotopic (exact) mass is 157 g/mol. The second-order valence-corrected chi connectivity index (χ2v) is 3.23. The molecule has 1 aliphatic heterocycles. The van der Waals surface area contributed by atoms with Gasteiger partial charge in [0, 0.05) is 6.42 Å². The van der Waals surface area contributed by atoms with Crippen LogP contribution < -0.4 is 5.73 Å². The van der Waals surface area contributed by atoms with Gasteiger partial charge in [-0.05, 0) is 25.3 Å². The molecule has 0 spiro atoms. The molecule has 2 atom stereocenters. The first-order valence-electron chi connectivity index (χ1n) is 4.12. The zero-order valence-corrected chi connectivity index (χ0v) is 6.88. The predicted molar refractivity (Wildman–Crippen MR) is 41.9 cm³/mol. The maximum absolute atomic E-state index is 10.9. The number of rotatable bonds is 2. The highest BCUT2D eigenvalue weighted by molar-refractivity contribution is 5.70. The highest BCUT2D eigenvalue weighted by atomic mass is 16.5. The molecule has 1 heterocycles. The van der Waals surface area contributed by atoms with Crippen LogP contribution in [-0.2, 0) is 9.53 Å². The van der Waals surface area contributed by atoms with Gasteiger partial charge in [-0.25, -0.2) is 0 Å². The van der Waals surface area contributed by atoms with Gasteiger partial charge in [0.1, 0.15) is 6.10 Å². The second-order valence-electron chi connectivity index (χ2n) is 3.23. The van der Waals surface area contributed by atoms with Crippen molar-refractivity contribution in [3.8, 4) is 0 Å². The van der Waals surface area contributed by atoms with E-state index in [1.54, 1.807) is 0 Å². The minimum atomic E-state index is -0.0674. The molecule has 1 aliphatic rings. The van der Waals surface area contributed by atoms with E-state index in [-0.39, 0.29) is 12.1 Å². The molecule has 64 valence electrons. The Morgan fingerprint density at radius 1 is 1.73 bits per heavy atom. The molecule has 0 aromatic carbocycles. The van der Waals surface area contributed by atoms with Crippen LogP contribution in [0.3, 0.4) is 0 Å². The summed E-state index contributed by atoms with van der Waals surface area (Å²) >= 11 is 0. The van der Waals surface area contributed by atoms with E-state index >= 15 is 0 Å². The van der Waals surface area contributed by atoms with Crippen molar-refractivity contribution in [1.82, 2.24) is 0 Å². The number of hydrogen-bond donors (Lipinski definition) is 1. The minimum Gasteiger partial charge on any atom is -0.462 e. The van der Waals surface area contributed by atoms with Gasteiger partial charge in [0.05, 0.1) is 0 Å². The molecule has 1 rings (SSSR count). The van der Waals surface area contributed by atoms with Crippen molar-refractivity contribution in [2.75, 3.05) is 6.54 Å². The minimum absolute atomic E-state index is 0.0674. The van der Waals surface area contributed by atoms with Gasteiger partial charge < -0.3 is 10.5 Å². The lowest BCUT2D eigenvalue weighted by Crippen LogP contribution is -2.29. The number of cyclic esters (lactones) is 1. The van der Waals surface area contributed by atoms with Crippen LogP contribution in [-0.4, -0.2) is 18.6 Å². The van der Waals surface area contributed by atoms with Gasteiger partial charge in [0.2, 0.25) is 0 Å². The van der Waals surface area contributed by atoms with Crippen molar-refractivity contribution in [3.63, 3.8) is 0 Å². The fourth-order valence-corrected chi connectivity index (χ4v) is 1.46. The molecule has 1 saturated heterocycles. The van der Waals surface area contributed by atoms with Gasteiger partial charge in [-0.2, -0.15) is 0 Å². The lowest BCUT2D eigenvalue weighted by atomic mass is 9.96. The Morgan fingerprint density at radius 3 is 3.00 bits per heavy atom. The summed E-state index contributed by atoms with van der Waals surface area (Å²) in [6.07, 6.45) is 2.43. The van der Waals surface area contributed by atoms with Crippen molar-refractivity contribution < 1.29 is 9.53 Å². The SMILES string of the molecule is CC1CC(=O)OC(CCN)C1. The number of nitrogens with two attached hydrogens (primary N) is 1. The Labute approximate surface area is 66.9 Å². The van der Waals surface area contributed by atoms with E-state index in [0.29, 0.717) is 18.9 Å². The van der Waals surface area contributed by atoms with Crippen LogP contribution in [0.15, 0.2) is 0 Å². The first-order chi connectivity index (χ1) is 5.22. The molecule has 0 bridgehead atoms. The molecule has 0 aliphatic carbocycles. The third kappa shape index (κ3) is 2.50. The summed E-state index contributed by atoms with van der Waals surface area (Å²) in [7, 11) is 0. The number of carbonyl (C=O) groups excluding carboxylic acids is 1. The van der Waals surface area contributed by atoms with E-state index in [0.717, 1.165) is 12.8 Å². The summed E-state index contributed by atoms with van der Waals surface area (Å²) in [5, 5.41) is 0. The van der Waals surface area contributed by atoms with Gasteiger partial charge >= 0.3 is 5.97 Å². The number of esters is 1. The molecule has 0 aromatic rings. The van der Waals surface area contributed by atoms with Crippen molar-refractivity contribution in [2.45, 2.75) is 32.3 Å². The smallest absolute Gasteiger partial charge is 0.306 e. The van der Waals surface area contributed by atoms with E-state index in [1.807, 2.05) is 0 Å². The van der Waals surface area contributed by atoms with Crippen molar-refractivity contribution in [1.29, 1.82) is 0 Å². The predicted octanol–water partition coefficient (Wildman–Crippen LogP) is 0.677. The van der Waals surface area contributed by atoms with Crippen LogP contribution >= 0.6 is 0 Å². The lowest BCUT2D eigenvalue weighted by molar-refractivity contribution is -0.156. The van der Waals surface area contributed by atoms with E-state index in [1.165, 1.54) is 0 Å². The second kappa shape index (κ2) is 3.72. The van der Waals surface area contributed by atoms with Crippen LogP contribution in [0.2, 0.25) is 0 Å². The summed E-state index contributed by atoms with van der Waals surface area (Å²) in [5.74, 6) is 0.398. The molecule has 0 radical (unpaired) electrons. The Morgan fingerprint density at radius 2 is 2.45 bits per heavy atom. The molecule has 2 unspecified atom stereocenters. The van der Waals surface area contributed by atoms with E-state index in [9.17, 15) is 4.79 Å². The zero-order valence-electron chi connectivity index (χ0n) is 6.88. The molecule has 3 nitrogen and oxygen atoms in total. The van der Waals surface area contributed by atoms with Crippen LogP contribution in [0.25, 0.3) is 0 Å². The average molecular weight is 157 g/mol. The van der Waals surface area contributed by atoms with Gasteiger partial charge in [-0.15, -0.1) is 0 Å². The van der Waals surface area contributed by atoms with Crippen LogP contribution in [0, 0.1) is 5.92 Å². The largest absolute Gasteiger partial charge is 0.462 e. The normalized spacial score (nSPS) is 31.6. The number of ether oxygens (including phenoxy) is 1. The Hall–Kier alpha value is -0.570. The summed E-state index contributed by atoms with van der Waals surface area (Å²) in [6.45, 7) is 2.68. The van der Waals surface area contributed by atoms with Crippen LogP contribution in [0.5, 0.6) is 0 Å². The van der Waals surface area contributed by atoms with Gasteiger partial charge in [0.15, 0.2) is 0 Å². The van der Waals surface area contributed by atoms with Gasteiger partial charge in [-0.3, -0.25) is 4.79 Å². The number of carbonyl (C=O) groups is 1. The first-order valence-corrected chi connectivity index (χ1v) is 4.12. The Kier molecular flexibility index (Phi) is 2.88. The van der Waals surface area contributed by atoms with E-state index < -0.39 is 0 Å². The molecule has 0 amide bonds. The third-order valence-corrected chi connectivity index (χ3v) is 1.97. The maximum atomic E-state index is 10.9. The Bertz CT molecular complexity index is 147. The fraction of sp³-hybridized carbons (Fsp3) is 0.875. The van der Waals surface area contributed by atoms with Crippen LogP contribution in [0.4, 0.5) is 0 Å². The molecule has 1 fully saturated rings. The molecule has 3 heteroatoms. The van der Waals surface area contributed by atoms with Crippen molar-refractivity contribution in [2.24, 2.45) is 11.7 Å². The summed E-state index contributed by atoms with van der Waals surface area (Å²) in [4.78, 5) is 10.9. The highest BCUT2D eigenvalue weighted by Gasteiger charge is 2.24. The molecule has 11 heavy (non-hydrogen) atoms. The van der Waals surface area contributed by atoms with Gasteiger partial charge in [0.25, 0.3) is 0 Å². The molecular formula is C8H15NO2. The fourth-order valence-electron chi connectivity index (χ4n) is 1.46. The van der Waals surface area contributed by atoms with Crippen molar-refractivity contribution in [3.05, 3.63) is 0 Å². The maximum Gasteiger partial charge on any atom is 0.306 e. The highest BCUT2D eigenvalue weighted by Crippen LogP contribution is 2.21. The lowest BCUT2D eigenvalue weighted by Gasteiger charge is -2.26. The Balaban J connectivity index is 2.36. The van der Waals surface area contributed by atoms with E-state index in [4.69, 9.17) is 10.5 Å². The van der Waals surface area contributed by atoms with Crippen LogP contribution in [0.1, 0.15) is 26.2 Å². The summed E-state index contributed by atoms with van der Waals surface area (Å²) < 4.78 is 5.08. The quantitative estimate of drug-likeness (QED) is 0.599. The first kappa shape index (κ1) is 8.53. The topological polar surface area (TPSA) is 52.3 Å². The number of hydrogen-bond acceptors (Lipinski definition) is 3. The van der Waals surface area contributed by atoms with E-state index in [2.05, 4.69) is 6.92 Å². The van der Waals surface area contributed by atoms with Crippen molar-refractivity contribution >= 4 is 5.97 Å².